The summed E-state index contributed by atoms with van der Waals surface area (Å²) in [5.74, 6) is 0. The third kappa shape index (κ3) is 3.42. The number of rotatable bonds is 4. The van der Waals surface area contributed by atoms with Gasteiger partial charge < -0.3 is 22.5 Å². The Kier molecular flexibility index (Phi) is 3.93. The topological polar surface area (TPSA) is 90.1 Å². The van der Waals surface area contributed by atoms with Crippen molar-refractivity contribution in [2.75, 3.05) is 29.1 Å². The zero-order valence-corrected chi connectivity index (χ0v) is 10.6. The summed E-state index contributed by atoms with van der Waals surface area (Å²) in [5.41, 5.74) is 21.4. The molecule has 0 aliphatic carbocycles. The Morgan fingerprint density at radius 3 is 2.53 bits per heavy atom. The fourth-order valence-electron chi connectivity index (χ4n) is 1.75. The van der Waals surface area contributed by atoms with Gasteiger partial charge >= 0.3 is 0 Å². The number of nitrogens with two attached hydrogens (primary N) is 3. The summed E-state index contributed by atoms with van der Waals surface area (Å²) in [5, 5.41) is 3.23. The van der Waals surface area contributed by atoms with Gasteiger partial charge in [-0.1, -0.05) is 24.3 Å². The molecular weight excluding hydrogens is 236 g/mol. The maximum atomic E-state index is 5.86. The number of nitrogen functional groups attached to an aromatic ring is 3. The summed E-state index contributed by atoms with van der Waals surface area (Å²) in [7, 11) is 0. The quantitative estimate of drug-likeness (QED) is 0.631. The molecule has 2 aromatic rings. The lowest BCUT2D eigenvalue weighted by atomic mass is 10.1. The van der Waals surface area contributed by atoms with Crippen molar-refractivity contribution in [1.82, 2.24) is 0 Å². The number of hydrogen-bond acceptors (Lipinski definition) is 4. The number of benzene rings is 2. The standard InChI is InChI=1S/C15H18N4/c16-12-7-8-13(17)11(10-12)4-3-9-19-15-6-2-1-5-14(15)18/h1-8,10,19H,9,16-18H2/b4-3+. The van der Waals surface area contributed by atoms with Gasteiger partial charge in [0.1, 0.15) is 0 Å². The number of anilines is 4. The highest BCUT2D eigenvalue weighted by atomic mass is 14.9. The van der Waals surface area contributed by atoms with E-state index >= 15 is 0 Å². The third-order valence-corrected chi connectivity index (χ3v) is 2.78. The van der Waals surface area contributed by atoms with Crippen LogP contribution in [0.15, 0.2) is 48.5 Å². The molecule has 0 spiro atoms. The van der Waals surface area contributed by atoms with Crippen LogP contribution in [0.4, 0.5) is 22.7 Å². The monoisotopic (exact) mass is 254 g/mol. The smallest absolute Gasteiger partial charge is 0.0576 e. The van der Waals surface area contributed by atoms with Crippen LogP contribution in [0, 0.1) is 0 Å². The van der Waals surface area contributed by atoms with Crippen LogP contribution in [0.2, 0.25) is 0 Å². The summed E-state index contributed by atoms with van der Waals surface area (Å²) in [6.07, 6.45) is 3.93. The molecule has 7 N–H and O–H groups in total. The van der Waals surface area contributed by atoms with Crippen molar-refractivity contribution in [3.05, 3.63) is 54.1 Å². The van der Waals surface area contributed by atoms with E-state index in [-0.39, 0.29) is 0 Å². The van der Waals surface area contributed by atoms with Crippen molar-refractivity contribution in [2.24, 2.45) is 0 Å². The van der Waals surface area contributed by atoms with Crippen molar-refractivity contribution >= 4 is 28.8 Å². The molecule has 0 saturated heterocycles. The Bertz CT molecular complexity index is 590. The van der Waals surface area contributed by atoms with Crippen LogP contribution in [-0.4, -0.2) is 6.54 Å². The average molecular weight is 254 g/mol. The molecule has 2 rings (SSSR count). The molecule has 0 amide bonds. The van der Waals surface area contributed by atoms with E-state index in [1.54, 1.807) is 12.1 Å². The van der Waals surface area contributed by atoms with Gasteiger partial charge in [0, 0.05) is 17.9 Å². The van der Waals surface area contributed by atoms with E-state index in [1.165, 1.54) is 0 Å². The number of nitrogens with one attached hydrogen (secondary N) is 1. The maximum Gasteiger partial charge on any atom is 0.0576 e. The fraction of sp³-hybridized carbons (Fsp3) is 0.0667. The highest BCUT2D eigenvalue weighted by Gasteiger charge is 1.96. The number of para-hydroxylation sites is 2. The van der Waals surface area contributed by atoms with Crippen LogP contribution in [-0.2, 0) is 0 Å². The van der Waals surface area contributed by atoms with Crippen LogP contribution < -0.4 is 22.5 Å². The van der Waals surface area contributed by atoms with Gasteiger partial charge in [0.2, 0.25) is 0 Å². The number of hydrogen-bond donors (Lipinski definition) is 4. The zero-order valence-electron chi connectivity index (χ0n) is 10.6. The average Bonchev–Trinajstić information content (AvgIpc) is 2.40. The predicted octanol–water partition coefficient (Wildman–Crippen LogP) is 2.56. The SMILES string of the molecule is Nc1ccc(N)c(/C=C/CNc2ccccc2N)c1. The molecule has 0 heterocycles. The lowest BCUT2D eigenvalue weighted by Gasteiger charge is -2.06. The second-order valence-corrected chi connectivity index (χ2v) is 4.26. The van der Waals surface area contributed by atoms with Gasteiger partial charge in [-0.25, -0.2) is 0 Å². The summed E-state index contributed by atoms with van der Waals surface area (Å²) in [4.78, 5) is 0. The second-order valence-electron chi connectivity index (χ2n) is 4.26. The summed E-state index contributed by atoms with van der Waals surface area (Å²) < 4.78 is 0. The van der Waals surface area contributed by atoms with E-state index in [0.29, 0.717) is 17.9 Å². The Morgan fingerprint density at radius 1 is 0.947 bits per heavy atom. The largest absolute Gasteiger partial charge is 0.399 e. The van der Waals surface area contributed by atoms with E-state index in [1.807, 2.05) is 42.5 Å². The Labute approximate surface area is 112 Å². The molecule has 0 fully saturated rings. The van der Waals surface area contributed by atoms with Crippen LogP contribution >= 0.6 is 0 Å². The summed E-state index contributed by atoms with van der Waals surface area (Å²) >= 11 is 0. The van der Waals surface area contributed by atoms with Crippen LogP contribution in [0.3, 0.4) is 0 Å². The van der Waals surface area contributed by atoms with Gasteiger partial charge in [-0.05, 0) is 35.9 Å². The molecule has 0 bridgehead atoms. The van der Waals surface area contributed by atoms with Crippen LogP contribution in [0.1, 0.15) is 5.56 Å². The fourth-order valence-corrected chi connectivity index (χ4v) is 1.75. The maximum absolute atomic E-state index is 5.86. The molecule has 0 aromatic heterocycles. The van der Waals surface area contributed by atoms with E-state index in [4.69, 9.17) is 17.2 Å². The van der Waals surface area contributed by atoms with E-state index in [2.05, 4.69) is 5.32 Å². The van der Waals surface area contributed by atoms with Gasteiger partial charge in [-0.15, -0.1) is 0 Å². The minimum absolute atomic E-state index is 0.669. The molecule has 0 aliphatic rings. The Hall–Kier alpha value is -2.62. The van der Waals surface area contributed by atoms with Crippen molar-refractivity contribution in [3.8, 4) is 0 Å². The van der Waals surface area contributed by atoms with Crippen LogP contribution in [0.25, 0.3) is 6.08 Å². The molecule has 0 radical (unpaired) electrons. The first-order valence-corrected chi connectivity index (χ1v) is 6.07. The molecular formula is C15H18N4. The van der Waals surface area contributed by atoms with Crippen molar-refractivity contribution in [2.45, 2.75) is 0 Å². The molecule has 98 valence electrons. The van der Waals surface area contributed by atoms with Gasteiger partial charge in [0.05, 0.1) is 11.4 Å². The van der Waals surface area contributed by atoms with Crippen molar-refractivity contribution in [1.29, 1.82) is 0 Å². The lowest BCUT2D eigenvalue weighted by Crippen LogP contribution is -2.01. The van der Waals surface area contributed by atoms with Crippen molar-refractivity contribution < 1.29 is 0 Å². The molecule has 4 heteroatoms. The molecule has 0 unspecified atom stereocenters. The van der Waals surface area contributed by atoms with Crippen molar-refractivity contribution in [3.63, 3.8) is 0 Å². The van der Waals surface area contributed by atoms with E-state index < -0.39 is 0 Å². The second kappa shape index (κ2) is 5.82. The first-order valence-electron chi connectivity index (χ1n) is 6.07. The van der Waals surface area contributed by atoms with Gasteiger partial charge in [0.25, 0.3) is 0 Å². The van der Waals surface area contributed by atoms with Gasteiger partial charge in [0.15, 0.2) is 0 Å². The normalized spacial score (nSPS) is 10.7. The Balaban J connectivity index is 1.97. The minimum Gasteiger partial charge on any atom is -0.399 e. The highest BCUT2D eigenvalue weighted by Crippen LogP contribution is 2.18. The molecule has 4 nitrogen and oxygen atoms in total. The highest BCUT2D eigenvalue weighted by molar-refractivity contribution is 5.69. The molecule has 0 aliphatic heterocycles. The molecule has 0 atom stereocenters. The molecule has 2 aromatic carbocycles. The Morgan fingerprint density at radius 2 is 1.74 bits per heavy atom. The lowest BCUT2D eigenvalue weighted by molar-refractivity contribution is 1.34. The van der Waals surface area contributed by atoms with Crippen LogP contribution in [0.5, 0.6) is 0 Å². The van der Waals surface area contributed by atoms with E-state index in [0.717, 1.165) is 16.9 Å². The summed E-state index contributed by atoms with van der Waals surface area (Å²) in [6, 6.07) is 13.1. The van der Waals surface area contributed by atoms with Gasteiger partial charge in [-0.2, -0.15) is 0 Å². The predicted molar refractivity (Wildman–Crippen MR) is 83.6 cm³/mol. The van der Waals surface area contributed by atoms with E-state index in [9.17, 15) is 0 Å². The molecule has 0 saturated carbocycles. The van der Waals surface area contributed by atoms with Gasteiger partial charge in [-0.3, -0.25) is 0 Å². The zero-order chi connectivity index (χ0) is 13.7. The third-order valence-electron chi connectivity index (χ3n) is 2.78. The first-order chi connectivity index (χ1) is 9.16. The first kappa shape index (κ1) is 12.8. The molecule has 19 heavy (non-hydrogen) atoms. The minimum atomic E-state index is 0.669. The summed E-state index contributed by atoms with van der Waals surface area (Å²) in [6.45, 7) is 0.669.